The van der Waals surface area contributed by atoms with Gasteiger partial charge < -0.3 is 24.6 Å². The lowest BCUT2D eigenvalue weighted by molar-refractivity contribution is -0.710. The van der Waals surface area contributed by atoms with E-state index in [1.54, 1.807) is 6.92 Å². The molecule has 0 unspecified atom stereocenters. The fraction of sp³-hybridized carbons (Fsp3) is 0.750. The Bertz CT molecular complexity index is 320. The van der Waals surface area contributed by atoms with Gasteiger partial charge in [-0.2, -0.15) is 0 Å². The Morgan fingerprint density at radius 1 is 1.50 bits per heavy atom. The van der Waals surface area contributed by atoms with Gasteiger partial charge in [0.2, 0.25) is 5.28 Å². The van der Waals surface area contributed by atoms with Gasteiger partial charge in [-0.05, 0) is 13.8 Å². The number of carbonyl (C=O) groups excluding carboxylic acids is 1. The average Bonchev–Trinajstić information content (AvgIpc) is 2.32. The number of carboxylic acids is 1. The van der Waals surface area contributed by atoms with Crippen molar-refractivity contribution >= 4 is 12.1 Å². The Morgan fingerprint density at radius 3 is 2.61 bits per heavy atom. The van der Waals surface area contributed by atoms with Gasteiger partial charge in [-0.1, -0.05) is 0 Å². The highest BCUT2D eigenvalue weighted by Gasteiger charge is 2.23. The number of nitrogens with zero attached hydrogens (tertiary/aromatic N) is 3. The summed E-state index contributed by atoms with van der Waals surface area (Å²) >= 11 is 0. The van der Waals surface area contributed by atoms with Crippen LogP contribution >= 0.6 is 0 Å². The summed E-state index contributed by atoms with van der Waals surface area (Å²) in [4.78, 5) is 25.5. The predicted octanol–water partition coefficient (Wildman–Crippen LogP) is 0.331. The fourth-order valence-electron chi connectivity index (χ4n) is 0.673. The summed E-state index contributed by atoms with van der Waals surface area (Å²) in [5, 5.41) is 23.5. The molecule has 1 atom stereocenters. The van der Waals surface area contributed by atoms with E-state index in [4.69, 9.17) is 5.11 Å². The van der Waals surface area contributed by atoms with Crippen LogP contribution in [0.5, 0.6) is 0 Å². The standard InChI is InChI=1S/C8H15N3O7/c1-4-16-8(14)17-5-18-9-11(15)10(3)6(2)7(12)13/h6H,4-5H2,1-3H3,(H,12,13)/b11-9-/t6-/m0/s1. The number of hydrogen-bond donors (Lipinski definition) is 1. The first-order chi connectivity index (χ1) is 8.40. The van der Waals surface area contributed by atoms with Crippen LogP contribution in [0.4, 0.5) is 4.79 Å². The maximum atomic E-state index is 11.2. The highest BCUT2D eigenvalue weighted by molar-refractivity contribution is 5.72. The van der Waals surface area contributed by atoms with Gasteiger partial charge in [0.25, 0.3) is 6.79 Å². The van der Waals surface area contributed by atoms with Crippen molar-refractivity contribution in [2.24, 2.45) is 5.28 Å². The fourth-order valence-corrected chi connectivity index (χ4v) is 0.673. The van der Waals surface area contributed by atoms with Crippen molar-refractivity contribution in [3.8, 4) is 0 Å². The number of carbonyl (C=O) groups is 2. The number of carboxylic acid groups (broad SMARTS) is 1. The van der Waals surface area contributed by atoms with Gasteiger partial charge in [-0.3, -0.25) is 0 Å². The van der Waals surface area contributed by atoms with Crippen LogP contribution < -0.4 is 0 Å². The molecule has 0 aliphatic heterocycles. The molecule has 10 nitrogen and oxygen atoms in total. The Labute approximate surface area is 103 Å². The van der Waals surface area contributed by atoms with Crippen LogP contribution in [0.15, 0.2) is 5.28 Å². The van der Waals surface area contributed by atoms with Crippen LogP contribution in [0.25, 0.3) is 0 Å². The van der Waals surface area contributed by atoms with E-state index >= 15 is 0 Å². The number of hydrazine groups is 1. The quantitative estimate of drug-likeness (QED) is 0.174. The summed E-state index contributed by atoms with van der Waals surface area (Å²) in [7, 11) is 1.21. The van der Waals surface area contributed by atoms with E-state index in [2.05, 4.69) is 19.6 Å². The minimum absolute atomic E-state index is 0.0761. The highest BCUT2D eigenvalue weighted by Crippen LogP contribution is 1.97. The lowest BCUT2D eigenvalue weighted by atomic mass is 10.3. The van der Waals surface area contributed by atoms with Crippen LogP contribution in [-0.4, -0.2) is 53.7 Å². The number of ether oxygens (including phenoxy) is 2. The first kappa shape index (κ1) is 15.7. The zero-order valence-electron chi connectivity index (χ0n) is 10.2. The normalized spacial score (nSPS) is 12.5. The monoisotopic (exact) mass is 265 g/mol. The van der Waals surface area contributed by atoms with Gasteiger partial charge in [-0.25, -0.2) is 9.59 Å². The molecule has 18 heavy (non-hydrogen) atoms. The van der Waals surface area contributed by atoms with E-state index in [0.717, 1.165) is 5.01 Å². The number of aliphatic carboxylic acids is 1. The molecule has 10 heteroatoms. The minimum atomic E-state index is -1.20. The summed E-state index contributed by atoms with van der Waals surface area (Å²) in [6.07, 6.45) is -0.961. The Hall–Kier alpha value is -2.26. The van der Waals surface area contributed by atoms with E-state index in [1.807, 2.05) is 0 Å². The molecule has 0 aromatic carbocycles. The lowest BCUT2D eigenvalue weighted by Crippen LogP contribution is -2.40. The Kier molecular flexibility index (Phi) is 6.93. The molecule has 1 N–H and O–H groups in total. The van der Waals surface area contributed by atoms with E-state index in [1.165, 1.54) is 14.0 Å². The van der Waals surface area contributed by atoms with E-state index in [9.17, 15) is 14.8 Å². The molecule has 0 aliphatic rings. The maximum Gasteiger partial charge on any atom is 0.511 e. The summed E-state index contributed by atoms with van der Waals surface area (Å²) in [6.45, 7) is 2.40. The van der Waals surface area contributed by atoms with Crippen molar-refractivity contribution in [1.29, 1.82) is 0 Å². The lowest BCUT2D eigenvalue weighted by Gasteiger charge is -2.16. The molecule has 0 bridgehead atoms. The molecule has 104 valence electrons. The summed E-state index contributed by atoms with van der Waals surface area (Å²) in [5.74, 6) is -1.20. The average molecular weight is 265 g/mol. The van der Waals surface area contributed by atoms with Crippen molar-refractivity contribution in [2.75, 3.05) is 20.4 Å². The molecule has 0 fully saturated rings. The molecule has 0 amide bonds. The maximum absolute atomic E-state index is 11.2. The van der Waals surface area contributed by atoms with Crippen molar-refractivity contribution in [2.45, 2.75) is 19.9 Å². The third kappa shape index (κ3) is 5.72. The van der Waals surface area contributed by atoms with Crippen molar-refractivity contribution in [3.05, 3.63) is 5.21 Å². The second-order valence-electron chi connectivity index (χ2n) is 3.00. The van der Waals surface area contributed by atoms with Gasteiger partial charge in [0.05, 0.1) is 18.6 Å². The van der Waals surface area contributed by atoms with Gasteiger partial charge in [0.1, 0.15) is 0 Å². The molecule has 0 aromatic rings. The first-order valence-electron chi connectivity index (χ1n) is 4.95. The summed E-state index contributed by atoms with van der Waals surface area (Å²) in [5.41, 5.74) is 0. The van der Waals surface area contributed by atoms with E-state index < -0.39 is 25.0 Å². The molecule has 0 heterocycles. The van der Waals surface area contributed by atoms with E-state index in [-0.39, 0.29) is 11.6 Å². The molecule has 0 aliphatic carbocycles. The first-order valence-corrected chi connectivity index (χ1v) is 4.95. The Balaban J connectivity index is 4.04. The van der Waals surface area contributed by atoms with Gasteiger partial charge >= 0.3 is 12.1 Å². The summed E-state index contributed by atoms with van der Waals surface area (Å²) in [6, 6.07) is -1.08. The third-order valence-corrected chi connectivity index (χ3v) is 1.81. The third-order valence-electron chi connectivity index (χ3n) is 1.81. The van der Waals surface area contributed by atoms with Crippen molar-refractivity contribution in [1.82, 2.24) is 5.01 Å². The number of hydrogen-bond acceptors (Lipinski definition) is 7. The molecule has 0 radical (unpaired) electrons. The molecule has 0 rings (SSSR count). The largest absolute Gasteiger partial charge is 0.569 e. The zero-order valence-corrected chi connectivity index (χ0v) is 10.2. The molecule has 0 aromatic heterocycles. The SMILES string of the molecule is CCOC(=O)OCO/N=[N+](\[O-])N(C)[C@@H](C)C(=O)O. The second-order valence-corrected chi connectivity index (χ2v) is 3.00. The van der Waals surface area contributed by atoms with Crippen LogP contribution in [0.1, 0.15) is 13.8 Å². The van der Waals surface area contributed by atoms with Crippen molar-refractivity contribution in [3.63, 3.8) is 0 Å². The topological polar surface area (TPSA) is 124 Å². The molecule has 0 saturated carbocycles. The predicted molar refractivity (Wildman–Crippen MR) is 55.0 cm³/mol. The summed E-state index contributed by atoms with van der Waals surface area (Å²) < 4.78 is 8.75. The van der Waals surface area contributed by atoms with Gasteiger partial charge in [-0.15, -0.1) is 5.01 Å². The number of likely N-dealkylation sites (N-methyl/N-ethyl adjacent to an activating group) is 1. The van der Waals surface area contributed by atoms with Gasteiger partial charge in [0, 0.05) is 0 Å². The van der Waals surface area contributed by atoms with Crippen LogP contribution in [0.3, 0.4) is 0 Å². The van der Waals surface area contributed by atoms with Crippen molar-refractivity contribution < 1.29 is 34.0 Å². The molecular weight excluding hydrogens is 250 g/mol. The van der Waals surface area contributed by atoms with Crippen LogP contribution in [-0.2, 0) is 19.1 Å². The minimum Gasteiger partial charge on any atom is -0.569 e. The van der Waals surface area contributed by atoms with E-state index in [0.29, 0.717) is 0 Å². The zero-order chi connectivity index (χ0) is 14.1. The second kappa shape index (κ2) is 7.92. The highest BCUT2D eigenvalue weighted by atomic mass is 16.8. The number of rotatable bonds is 7. The van der Waals surface area contributed by atoms with Gasteiger partial charge in [0.15, 0.2) is 6.04 Å². The molecular formula is C8H15N3O7. The van der Waals surface area contributed by atoms with Crippen LogP contribution in [0, 0.1) is 5.21 Å². The van der Waals surface area contributed by atoms with Crippen LogP contribution in [0.2, 0.25) is 0 Å². The Morgan fingerprint density at radius 2 is 2.11 bits per heavy atom. The molecule has 0 spiro atoms. The molecule has 0 saturated heterocycles. The smallest absolute Gasteiger partial charge is 0.511 e.